The van der Waals surface area contributed by atoms with E-state index in [2.05, 4.69) is 78.9 Å². The molecule has 3 nitrogen and oxygen atoms in total. The molecule has 0 heterocycles. The molecule has 402 valence electrons. The summed E-state index contributed by atoms with van der Waals surface area (Å²) >= 11 is 20.8. The van der Waals surface area contributed by atoms with Crippen molar-refractivity contribution in [3.8, 4) is 11.5 Å². The number of para-hydroxylation sites is 2. The molecule has 25 heteroatoms. The van der Waals surface area contributed by atoms with E-state index in [1.54, 1.807) is 0 Å². The van der Waals surface area contributed by atoms with Crippen molar-refractivity contribution < 1.29 is 84.5 Å². The average molecular weight is 1240 g/mol. The first-order valence-electron chi connectivity index (χ1n) is 21.7. The SMILES string of the molecule is Fc1c(F)c(F)c([B-](c2c(F)c(F)c(F)c(F)c2Cl)(c2c(F)c(F)c(F)c(F)c2Cl)c2c(F)c(F)c(F)c(F)c2Cl)c(Cl)c1F.c1ccc(OCCOCCOc2ccccc2[Se+](c2ccccc2)c2ccccc2)cc1. The summed E-state index contributed by atoms with van der Waals surface area (Å²) in [5, 5.41) is -9.69. The van der Waals surface area contributed by atoms with E-state index in [0.717, 1.165) is 11.5 Å². The van der Waals surface area contributed by atoms with Crippen LogP contribution in [0.25, 0.3) is 0 Å². The Labute approximate surface area is 450 Å². The van der Waals surface area contributed by atoms with E-state index < -0.39 is 155 Å². The third-order valence-corrected chi connectivity index (χ3v) is 17.7. The van der Waals surface area contributed by atoms with Crippen molar-refractivity contribution in [3.05, 3.63) is 228 Å². The van der Waals surface area contributed by atoms with Crippen molar-refractivity contribution in [2.75, 3.05) is 26.4 Å². The summed E-state index contributed by atoms with van der Waals surface area (Å²) in [6, 6.07) is 39.7. The first-order chi connectivity index (χ1) is 36.6. The summed E-state index contributed by atoms with van der Waals surface area (Å²) in [5.74, 6) is -46.5. The van der Waals surface area contributed by atoms with Gasteiger partial charge in [-0.2, -0.15) is 0 Å². The molecule has 0 spiro atoms. The van der Waals surface area contributed by atoms with Gasteiger partial charge in [0.15, 0.2) is 69.8 Å². The molecule has 0 aliphatic carbocycles. The summed E-state index contributed by atoms with van der Waals surface area (Å²) in [5.41, 5.74) is -10.7. The minimum atomic E-state index is -6.24. The summed E-state index contributed by atoms with van der Waals surface area (Å²) in [7, 11) is 0. The maximum absolute atomic E-state index is 15.8. The van der Waals surface area contributed by atoms with Gasteiger partial charge in [-0.25, -0.2) is 70.2 Å². The molecular formula is C52H27BCl4F16O3Se. The van der Waals surface area contributed by atoms with Crippen LogP contribution in [-0.2, 0) is 4.74 Å². The van der Waals surface area contributed by atoms with Crippen LogP contribution < -0.4 is 44.7 Å². The molecular weight excluding hydrogens is 1210 g/mol. The van der Waals surface area contributed by atoms with Gasteiger partial charge in [-0.3, -0.25) is 0 Å². The van der Waals surface area contributed by atoms with Crippen molar-refractivity contribution in [1.82, 2.24) is 0 Å². The van der Waals surface area contributed by atoms with Crippen LogP contribution in [0, 0.1) is 93.1 Å². The van der Waals surface area contributed by atoms with Crippen LogP contribution in [0.3, 0.4) is 0 Å². The molecule has 0 aliphatic rings. The monoisotopic (exact) mass is 1230 g/mol. The molecule has 0 atom stereocenters. The van der Waals surface area contributed by atoms with Gasteiger partial charge < -0.3 is 0 Å². The van der Waals surface area contributed by atoms with E-state index >= 15 is 17.6 Å². The Hall–Kier alpha value is -6.06. The Balaban J connectivity index is 0.000000236. The normalized spacial score (nSPS) is 11.5. The molecule has 0 aromatic heterocycles. The Bertz CT molecular complexity index is 3060. The number of ether oxygens (including phenoxy) is 3. The van der Waals surface area contributed by atoms with Crippen molar-refractivity contribution in [1.29, 1.82) is 0 Å². The molecule has 0 radical (unpaired) electrons. The van der Waals surface area contributed by atoms with E-state index in [1.807, 2.05) is 36.4 Å². The quantitative estimate of drug-likeness (QED) is 0.0337. The molecule has 77 heavy (non-hydrogen) atoms. The van der Waals surface area contributed by atoms with Gasteiger partial charge in [0.2, 0.25) is 0 Å². The molecule has 0 amide bonds. The van der Waals surface area contributed by atoms with E-state index in [-0.39, 0.29) is 0 Å². The Kier molecular flexibility index (Phi) is 18.8. The second kappa shape index (κ2) is 24.7. The van der Waals surface area contributed by atoms with Crippen LogP contribution in [0.5, 0.6) is 11.5 Å². The maximum atomic E-state index is 15.8. The summed E-state index contributed by atoms with van der Waals surface area (Å²) in [6.45, 7) is 2.08. The van der Waals surface area contributed by atoms with Crippen LogP contribution in [0.2, 0.25) is 20.1 Å². The summed E-state index contributed by atoms with van der Waals surface area (Å²) < 4.78 is 260. The number of hydrogen-bond donors (Lipinski definition) is 0. The first kappa shape index (κ1) is 58.6. The second-order valence-electron chi connectivity index (χ2n) is 15.8. The number of benzene rings is 8. The van der Waals surface area contributed by atoms with Gasteiger partial charge in [-0.1, -0.05) is 52.5 Å². The first-order valence-corrected chi connectivity index (χ1v) is 25.8. The number of rotatable bonds is 15. The van der Waals surface area contributed by atoms with Crippen LogP contribution in [0.1, 0.15) is 0 Å². The zero-order valence-electron chi connectivity index (χ0n) is 38.1. The third kappa shape index (κ3) is 11.0. The predicted octanol–water partition coefficient (Wildman–Crippen LogP) is 11.6. The van der Waals surface area contributed by atoms with Gasteiger partial charge in [-0.05, 0) is 0 Å². The van der Waals surface area contributed by atoms with Gasteiger partial charge in [0.05, 0.1) is 0 Å². The Morgan fingerprint density at radius 3 is 0.948 bits per heavy atom. The minimum absolute atomic E-state index is 0.505. The van der Waals surface area contributed by atoms with Crippen LogP contribution in [0.15, 0.2) is 115 Å². The van der Waals surface area contributed by atoms with Gasteiger partial charge >= 0.3 is 189 Å². The molecule has 8 rings (SSSR count). The zero-order valence-corrected chi connectivity index (χ0v) is 42.8. The third-order valence-electron chi connectivity index (χ3n) is 11.5. The molecule has 0 saturated heterocycles. The standard InChI is InChI=1S/C28H27O3Se.C24BCl4F16/c1-4-12-24(13-5-1)30-22-20-29-21-23-31-27-18-10-11-19-28(27)32(25-14-6-2-7-15-25)26-16-8-3-9-17-26;26-5-1(9(30)17(38)21(42)13(5)34)25(2-6(27)14(35)22(43)18(39)10(2)31,3-7(28)15(36)23(44)19(40)11(3)32)4-8(29)16(37)24(45)20(41)12(4)33/h1-19H,20-23H2;/q+1;-1. The molecule has 0 aliphatic heterocycles. The Morgan fingerprint density at radius 2 is 0.597 bits per heavy atom. The van der Waals surface area contributed by atoms with Crippen LogP contribution >= 0.6 is 46.4 Å². The predicted molar refractivity (Wildman–Crippen MR) is 262 cm³/mol. The van der Waals surface area contributed by atoms with E-state index in [9.17, 15) is 52.7 Å². The van der Waals surface area contributed by atoms with Crippen molar-refractivity contribution >= 4 is 102 Å². The van der Waals surface area contributed by atoms with Gasteiger partial charge in [0, 0.05) is 20.1 Å². The van der Waals surface area contributed by atoms with E-state index in [1.165, 1.54) is 13.4 Å². The van der Waals surface area contributed by atoms with Crippen molar-refractivity contribution in [2.45, 2.75) is 0 Å². The second-order valence-corrected chi connectivity index (χ2v) is 21.5. The molecule has 8 aromatic rings. The summed E-state index contributed by atoms with van der Waals surface area (Å²) in [6.07, 6.45) is -6.24. The van der Waals surface area contributed by atoms with E-state index in [0.29, 0.717) is 26.4 Å². The fourth-order valence-electron chi connectivity index (χ4n) is 8.16. The van der Waals surface area contributed by atoms with Crippen molar-refractivity contribution in [3.63, 3.8) is 0 Å². The molecule has 0 unspecified atom stereocenters. The fourth-order valence-corrected chi connectivity index (χ4v) is 14.1. The topological polar surface area (TPSA) is 27.7 Å². The molecule has 0 fully saturated rings. The zero-order chi connectivity index (χ0) is 56.2. The fraction of sp³-hybridized carbons (Fsp3) is 0.0769. The molecule has 8 aromatic carbocycles. The summed E-state index contributed by atoms with van der Waals surface area (Å²) in [4.78, 5) is 0. The van der Waals surface area contributed by atoms with Gasteiger partial charge in [0.25, 0.3) is 0 Å². The number of halogens is 20. The molecule has 0 bridgehead atoms. The molecule has 0 N–H and O–H groups in total. The Morgan fingerprint density at radius 1 is 0.312 bits per heavy atom. The number of hydrogen-bond acceptors (Lipinski definition) is 3. The van der Waals surface area contributed by atoms with Crippen molar-refractivity contribution in [2.24, 2.45) is 0 Å². The van der Waals surface area contributed by atoms with Crippen LogP contribution in [0.4, 0.5) is 70.2 Å². The average Bonchev–Trinajstić information content (AvgIpc) is 3.61. The molecule has 0 saturated carbocycles. The van der Waals surface area contributed by atoms with E-state index in [4.69, 9.17) is 60.6 Å². The van der Waals surface area contributed by atoms with Gasteiger partial charge in [-0.15, -0.1) is 21.9 Å². The van der Waals surface area contributed by atoms with Crippen LogP contribution in [-0.4, -0.2) is 46.5 Å². The van der Waals surface area contributed by atoms with Gasteiger partial charge in [0.1, 0.15) is 29.4 Å².